The molecule has 5 aliphatic rings. The number of hydrogen-bond acceptors (Lipinski definition) is 11. The second-order valence-electron chi connectivity index (χ2n) is 16.8. The van der Waals surface area contributed by atoms with Crippen molar-refractivity contribution >= 4 is 52.9 Å². The molecule has 4 saturated heterocycles. The van der Waals surface area contributed by atoms with Gasteiger partial charge in [-0.3, -0.25) is 24.2 Å². The first-order valence-corrected chi connectivity index (χ1v) is 22.1. The second kappa shape index (κ2) is 20.2. The maximum Gasteiger partial charge on any atom is 0.418 e. The number of nitrogens with zero attached hydrogens (tertiary/aromatic N) is 6. The van der Waals surface area contributed by atoms with E-state index in [9.17, 15) is 37.1 Å². The molecule has 4 fully saturated rings. The number of anilines is 2. The summed E-state index contributed by atoms with van der Waals surface area (Å²) in [7, 11) is 1.58. The van der Waals surface area contributed by atoms with Crippen molar-refractivity contribution in [2.24, 2.45) is 0 Å². The lowest BCUT2D eigenvalue weighted by Gasteiger charge is -2.43. The number of fused-ring (bicyclic) bond motifs is 1. The standard InChI is InChI=1S/C43H56ClF3N8O8/c1-61-32-4-5-35-29(26-32)6-16-55(41(59)49-35)31-9-14-54(15-10-31)42(60)63-36(25-28-23-33(43(45,46)47)39(48)34(44)24-28)40(58)53-12-7-30(8-13-53)51-19-17-50(18-20-51)27-38(57)62-22-21-52-11-2-3-37(52)56/h4-5,23-24,26,30-31,36H,2-3,6-22,25,27,48H2,1H3,(H,49,59)/t36-/m1/s1. The van der Waals surface area contributed by atoms with E-state index in [0.717, 1.165) is 31.1 Å². The average molecular weight is 905 g/mol. The highest BCUT2D eigenvalue weighted by molar-refractivity contribution is 6.33. The van der Waals surface area contributed by atoms with Gasteiger partial charge in [0.15, 0.2) is 6.10 Å². The molecule has 5 amide bonds. The van der Waals surface area contributed by atoms with E-state index in [4.69, 9.17) is 31.5 Å². The van der Waals surface area contributed by atoms with Crippen LogP contribution in [-0.2, 0) is 42.9 Å². The lowest BCUT2D eigenvalue weighted by molar-refractivity contribution is -0.147. The van der Waals surface area contributed by atoms with Crippen molar-refractivity contribution in [3.8, 4) is 5.75 Å². The molecule has 20 heteroatoms. The topological polar surface area (TPSA) is 171 Å². The smallest absolute Gasteiger partial charge is 0.418 e. The number of nitrogens with one attached hydrogen (secondary N) is 1. The van der Waals surface area contributed by atoms with E-state index in [1.807, 2.05) is 17.0 Å². The van der Waals surface area contributed by atoms with Gasteiger partial charge in [-0.15, -0.1) is 0 Å². The lowest BCUT2D eigenvalue weighted by Crippen LogP contribution is -2.55. The van der Waals surface area contributed by atoms with Crippen LogP contribution >= 0.6 is 11.6 Å². The van der Waals surface area contributed by atoms with Gasteiger partial charge in [-0.1, -0.05) is 11.6 Å². The van der Waals surface area contributed by atoms with Gasteiger partial charge in [0, 0.05) is 96.1 Å². The fourth-order valence-electron chi connectivity index (χ4n) is 9.26. The average Bonchev–Trinajstić information content (AvgIpc) is 3.60. The van der Waals surface area contributed by atoms with E-state index in [-0.39, 0.29) is 73.2 Å². The third-order valence-electron chi connectivity index (χ3n) is 12.9. The minimum Gasteiger partial charge on any atom is -0.497 e. The first-order valence-electron chi connectivity index (χ1n) is 21.7. The van der Waals surface area contributed by atoms with Crippen LogP contribution in [0, 0.1) is 0 Å². The predicted molar refractivity (Wildman–Crippen MR) is 226 cm³/mol. The molecule has 0 saturated carbocycles. The Hall–Kier alpha value is -5.01. The summed E-state index contributed by atoms with van der Waals surface area (Å²) in [5, 5.41) is 2.65. The number of nitrogen functional groups attached to an aromatic ring is 1. The summed E-state index contributed by atoms with van der Waals surface area (Å²) in [6.07, 6.45) is -3.24. The summed E-state index contributed by atoms with van der Waals surface area (Å²) in [5.74, 6) is -0.0640. The van der Waals surface area contributed by atoms with Crippen LogP contribution in [0.4, 0.5) is 34.1 Å². The summed E-state index contributed by atoms with van der Waals surface area (Å²) < 4.78 is 58.5. The van der Waals surface area contributed by atoms with Crippen LogP contribution in [-0.4, -0.2) is 170 Å². The summed E-state index contributed by atoms with van der Waals surface area (Å²) in [6.45, 7) is 5.84. The molecule has 5 heterocycles. The number of piperazine rings is 1. The van der Waals surface area contributed by atoms with Gasteiger partial charge in [-0.2, -0.15) is 13.2 Å². The number of hydrogen-bond donors (Lipinski definition) is 2. The Morgan fingerprint density at radius 2 is 1.59 bits per heavy atom. The Bertz CT molecular complexity index is 2000. The minimum absolute atomic E-state index is 0.0375. The third kappa shape index (κ3) is 11.4. The number of urea groups is 1. The van der Waals surface area contributed by atoms with Gasteiger partial charge in [0.1, 0.15) is 12.4 Å². The van der Waals surface area contributed by atoms with Crippen molar-refractivity contribution in [1.82, 2.24) is 29.4 Å². The summed E-state index contributed by atoms with van der Waals surface area (Å²) in [5.41, 5.74) is 5.63. The molecule has 2 aromatic rings. The highest BCUT2D eigenvalue weighted by Crippen LogP contribution is 2.38. The second-order valence-corrected chi connectivity index (χ2v) is 17.2. The van der Waals surface area contributed by atoms with Crippen LogP contribution in [0.2, 0.25) is 5.02 Å². The number of benzene rings is 2. The van der Waals surface area contributed by atoms with Gasteiger partial charge in [0.05, 0.1) is 36.5 Å². The Morgan fingerprint density at radius 1 is 0.889 bits per heavy atom. The number of nitrogens with two attached hydrogens (primary N) is 1. The number of methoxy groups -OCH3 is 1. The molecule has 0 aliphatic carbocycles. The Kier molecular flexibility index (Phi) is 14.8. The molecule has 1 atom stereocenters. The van der Waals surface area contributed by atoms with Gasteiger partial charge in [0.25, 0.3) is 5.91 Å². The van der Waals surface area contributed by atoms with Crippen molar-refractivity contribution in [2.75, 3.05) is 103 Å². The molecule has 2 aromatic carbocycles. The molecule has 344 valence electrons. The van der Waals surface area contributed by atoms with Crippen LogP contribution < -0.4 is 15.8 Å². The van der Waals surface area contributed by atoms with Gasteiger partial charge in [-0.05, 0) is 80.0 Å². The van der Waals surface area contributed by atoms with Crippen LogP contribution in [0.3, 0.4) is 0 Å². The molecule has 63 heavy (non-hydrogen) atoms. The van der Waals surface area contributed by atoms with Crippen molar-refractivity contribution in [1.29, 1.82) is 0 Å². The minimum atomic E-state index is -4.81. The van der Waals surface area contributed by atoms with E-state index >= 15 is 0 Å². The Labute approximate surface area is 369 Å². The van der Waals surface area contributed by atoms with Crippen LogP contribution in [0.1, 0.15) is 55.2 Å². The third-order valence-corrected chi connectivity index (χ3v) is 13.2. The highest BCUT2D eigenvalue weighted by Gasteiger charge is 2.39. The van der Waals surface area contributed by atoms with E-state index in [1.165, 1.54) is 11.0 Å². The largest absolute Gasteiger partial charge is 0.497 e. The Morgan fingerprint density at radius 3 is 2.25 bits per heavy atom. The maximum atomic E-state index is 14.2. The van der Waals surface area contributed by atoms with Gasteiger partial charge in [-0.25, -0.2) is 9.59 Å². The quantitative estimate of drug-likeness (QED) is 0.230. The van der Waals surface area contributed by atoms with Crippen molar-refractivity contribution in [3.63, 3.8) is 0 Å². The number of carbonyl (C=O) groups excluding carboxylic acids is 5. The van der Waals surface area contributed by atoms with Crippen LogP contribution in [0.5, 0.6) is 5.75 Å². The fraction of sp³-hybridized carbons (Fsp3) is 0.605. The zero-order valence-electron chi connectivity index (χ0n) is 35.5. The zero-order chi connectivity index (χ0) is 44.8. The number of ether oxygens (including phenoxy) is 3. The maximum absolute atomic E-state index is 14.2. The number of rotatable bonds is 12. The lowest BCUT2D eigenvalue weighted by atomic mass is 9.99. The molecular formula is C43H56ClF3N8O8. The number of likely N-dealkylation sites (tertiary alicyclic amines) is 3. The molecule has 16 nitrogen and oxygen atoms in total. The van der Waals surface area contributed by atoms with Crippen LogP contribution in [0.15, 0.2) is 30.3 Å². The van der Waals surface area contributed by atoms with Crippen molar-refractivity contribution in [3.05, 3.63) is 52.0 Å². The molecule has 3 N–H and O–H groups in total. The van der Waals surface area contributed by atoms with Gasteiger partial charge < -0.3 is 44.9 Å². The fourth-order valence-corrected chi connectivity index (χ4v) is 9.50. The summed E-state index contributed by atoms with van der Waals surface area (Å²) in [6, 6.07) is 7.36. The monoisotopic (exact) mass is 904 g/mol. The number of alkyl halides is 3. The molecule has 0 unspecified atom stereocenters. The molecule has 0 spiro atoms. The number of halogens is 4. The number of amides is 5. The SMILES string of the molecule is COc1ccc2c(c1)CCN(C1CCN(C(=O)O[C@H](Cc3cc(Cl)c(N)c(C(F)(F)F)c3)C(=O)N3CCC(N4CCN(CC(=O)OCCN5CCCC5=O)CC4)CC3)CC1)C(=O)N2. The van der Waals surface area contributed by atoms with E-state index in [2.05, 4.69) is 10.2 Å². The normalized spacial score (nSPS) is 20.3. The molecule has 0 radical (unpaired) electrons. The Balaban J connectivity index is 0.930. The van der Waals surface area contributed by atoms with E-state index in [0.29, 0.717) is 95.8 Å². The number of carbonyl (C=O) groups is 5. The summed E-state index contributed by atoms with van der Waals surface area (Å²) >= 11 is 6.16. The van der Waals surface area contributed by atoms with Crippen molar-refractivity contribution < 1.29 is 51.4 Å². The highest BCUT2D eigenvalue weighted by atomic mass is 35.5. The number of piperidine rings is 2. The summed E-state index contributed by atoms with van der Waals surface area (Å²) in [4.78, 5) is 76.5. The van der Waals surface area contributed by atoms with Crippen molar-refractivity contribution in [2.45, 2.75) is 75.7 Å². The van der Waals surface area contributed by atoms with Crippen LogP contribution in [0.25, 0.3) is 0 Å². The molecule has 0 aromatic heterocycles. The van der Waals surface area contributed by atoms with E-state index < -0.39 is 35.5 Å². The molecule has 7 rings (SSSR count). The van der Waals surface area contributed by atoms with Gasteiger partial charge in [0.2, 0.25) is 5.91 Å². The van der Waals surface area contributed by atoms with E-state index in [1.54, 1.807) is 27.9 Å². The molecule has 5 aliphatic heterocycles. The van der Waals surface area contributed by atoms with Gasteiger partial charge >= 0.3 is 24.3 Å². The first kappa shape index (κ1) is 46.0. The number of esters is 1. The molecule has 0 bridgehead atoms. The predicted octanol–water partition coefficient (Wildman–Crippen LogP) is 4.33. The zero-order valence-corrected chi connectivity index (χ0v) is 36.3. The first-order chi connectivity index (χ1) is 30.2. The molecular weight excluding hydrogens is 849 g/mol.